The molecule has 0 fully saturated rings. The molecule has 3 nitrogen and oxygen atoms in total. The van der Waals surface area contributed by atoms with Gasteiger partial charge in [-0.05, 0) is 25.1 Å². The number of halogens is 1. The van der Waals surface area contributed by atoms with Gasteiger partial charge in [0.05, 0.1) is 16.8 Å². The Labute approximate surface area is 96.8 Å². The first-order valence-corrected chi connectivity index (χ1v) is 5.88. The zero-order valence-corrected chi connectivity index (χ0v) is 9.64. The first-order chi connectivity index (χ1) is 7.29. The number of pyridine rings is 1. The number of hydrogen-bond donors (Lipinski definition) is 1. The van der Waals surface area contributed by atoms with Gasteiger partial charge in [0.25, 0.3) is 0 Å². The third-order valence-electron chi connectivity index (χ3n) is 1.91. The summed E-state index contributed by atoms with van der Waals surface area (Å²) < 4.78 is 6.61. The molecule has 80 valence electrons. The minimum absolute atomic E-state index is 0.508. The maximum absolute atomic E-state index is 5.79. The van der Waals surface area contributed by atoms with E-state index in [0.29, 0.717) is 18.3 Å². The van der Waals surface area contributed by atoms with Crippen LogP contribution < -0.4 is 10.5 Å². The Kier molecular flexibility index (Phi) is 3.41. The van der Waals surface area contributed by atoms with Gasteiger partial charge in [-0.25, -0.2) is 4.98 Å². The number of nitrogens with two attached hydrogens (primary N) is 1. The van der Waals surface area contributed by atoms with Crippen LogP contribution in [0.2, 0.25) is 5.15 Å². The van der Waals surface area contributed by atoms with Crippen LogP contribution in [0.3, 0.4) is 0 Å². The Morgan fingerprint density at radius 3 is 3.13 bits per heavy atom. The standard InChI is InChI=1S/C10H11ClN2OS/c11-9-3-2-8-7(13-9)6-10(15-8)14-5-1-4-12/h2-3,6H,1,4-5,12H2. The Bertz CT molecular complexity index is 458. The third kappa shape index (κ3) is 2.59. The molecule has 15 heavy (non-hydrogen) atoms. The van der Waals surface area contributed by atoms with Crippen LogP contribution in [0.1, 0.15) is 6.42 Å². The van der Waals surface area contributed by atoms with Crippen LogP contribution in [0.5, 0.6) is 5.06 Å². The zero-order valence-electron chi connectivity index (χ0n) is 8.07. The molecule has 0 aliphatic rings. The van der Waals surface area contributed by atoms with E-state index in [1.807, 2.05) is 12.1 Å². The normalized spacial score (nSPS) is 10.8. The van der Waals surface area contributed by atoms with Gasteiger partial charge in [0.1, 0.15) is 5.15 Å². The van der Waals surface area contributed by atoms with Gasteiger partial charge in [-0.15, -0.1) is 0 Å². The largest absolute Gasteiger partial charge is 0.484 e. The molecule has 0 atom stereocenters. The van der Waals surface area contributed by atoms with Gasteiger partial charge >= 0.3 is 0 Å². The van der Waals surface area contributed by atoms with Crippen LogP contribution in [0, 0.1) is 0 Å². The average molecular weight is 243 g/mol. The van der Waals surface area contributed by atoms with Crippen LogP contribution in [-0.2, 0) is 0 Å². The summed E-state index contributed by atoms with van der Waals surface area (Å²) in [6.07, 6.45) is 0.864. The van der Waals surface area contributed by atoms with Gasteiger partial charge in [-0.2, -0.15) is 0 Å². The first-order valence-electron chi connectivity index (χ1n) is 4.68. The van der Waals surface area contributed by atoms with Crippen molar-refractivity contribution in [1.29, 1.82) is 0 Å². The lowest BCUT2D eigenvalue weighted by molar-refractivity contribution is 0.322. The summed E-state index contributed by atoms with van der Waals surface area (Å²) in [7, 11) is 0. The summed E-state index contributed by atoms with van der Waals surface area (Å²) in [5.41, 5.74) is 6.27. The topological polar surface area (TPSA) is 48.1 Å². The van der Waals surface area contributed by atoms with Gasteiger partial charge in [0.2, 0.25) is 0 Å². The van der Waals surface area contributed by atoms with Crippen LogP contribution in [0.4, 0.5) is 0 Å². The second-order valence-corrected chi connectivity index (χ2v) is 4.51. The van der Waals surface area contributed by atoms with Crippen molar-refractivity contribution in [3.05, 3.63) is 23.4 Å². The first kappa shape index (κ1) is 10.7. The molecule has 0 unspecified atom stereocenters. The molecule has 2 rings (SSSR count). The maximum atomic E-state index is 5.79. The summed E-state index contributed by atoms with van der Waals surface area (Å²) in [6.45, 7) is 1.30. The molecule has 2 aromatic rings. The van der Waals surface area contributed by atoms with E-state index in [0.717, 1.165) is 21.7 Å². The molecule has 5 heteroatoms. The highest BCUT2D eigenvalue weighted by Crippen LogP contribution is 2.31. The summed E-state index contributed by atoms with van der Waals surface area (Å²) in [6, 6.07) is 5.64. The molecule has 2 N–H and O–H groups in total. The van der Waals surface area contributed by atoms with Crippen molar-refractivity contribution in [2.75, 3.05) is 13.2 Å². The van der Waals surface area contributed by atoms with Crippen LogP contribution in [0.15, 0.2) is 18.2 Å². The van der Waals surface area contributed by atoms with Crippen molar-refractivity contribution in [1.82, 2.24) is 4.98 Å². The highest BCUT2D eigenvalue weighted by molar-refractivity contribution is 7.20. The SMILES string of the molecule is NCCCOc1cc2nc(Cl)ccc2s1. The second-order valence-electron chi connectivity index (χ2n) is 3.07. The maximum Gasteiger partial charge on any atom is 0.176 e. The van der Waals surface area contributed by atoms with E-state index in [2.05, 4.69) is 4.98 Å². The summed E-state index contributed by atoms with van der Waals surface area (Å²) in [5, 5.41) is 1.38. The molecular weight excluding hydrogens is 232 g/mol. The lowest BCUT2D eigenvalue weighted by atomic mass is 10.4. The molecule has 0 aliphatic carbocycles. The van der Waals surface area contributed by atoms with E-state index < -0.39 is 0 Å². The molecule has 2 heterocycles. The predicted molar refractivity (Wildman–Crippen MR) is 63.8 cm³/mol. The highest BCUT2D eigenvalue weighted by atomic mass is 35.5. The number of fused-ring (bicyclic) bond motifs is 1. The lowest BCUT2D eigenvalue weighted by Crippen LogP contribution is -2.05. The van der Waals surface area contributed by atoms with Gasteiger partial charge in [0, 0.05) is 6.07 Å². The zero-order chi connectivity index (χ0) is 10.7. The van der Waals surface area contributed by atoms with E-state index in [1.54, 1.807) is 17.4 Å². The van der Waals surface area contributed by atoms with Crippen molar-refractivity contribution in [2.45, 2.75) is 6.42 Å². The van der Waals surface area contributed by atoms with Crippen molar-refractivity contribution in [2.24, 2.45) is 5.73 Å². The summed E-state index contributed by atoms with van der Waals surface area (Å²) >= 11 is 7.36. The average Bonchev–Trinajstić information content (AvgIpc) is 2.60. The monoisotopic (exact) mass is 242 g/mol. The molecule has 0 saturated carbocycles. The third-order valence-corrected chi connectivity index (χ3v) is 3.12. The van der Waals surface area contributed by atoms with E-state index in [-0.39, 0.29) is 0 Å². The second kappa shape index (κ2) is 4.79. The summed E-state index contributed by atoms with van der Waals surface area (Å²) in [4.78, 5) is 4.20. The van der Waals surface area contributed by atoms with Crippen LogP contribution in [-0.4, -0.2) is 18.1 Å². The quantitative estimate of drug-likeness (QED) is 0.663. The number of aromatic nitrogens is 1. The number of hydrogen-bond acceptors (Lipinski definition) is 4. The van der Waals surface area contributed by atoms with Crippen molar-refractivity contribution >= 4 is 33.2 Å². The fourth-order valence-corrected chi connectivity index (χ4v) is 2.23. The minimum Gasteiger partial charge on any atom is -0.484 e. The Morgan fingerprint density at radius 1 is 1.47 bits per heavy atom. The van der Waals surface area contributed by atoms with Gasteiger partial charge in [-0.1, -0.05) is 22.9 Å². The smallest absolute Gasteiger partial charge is 0.176 e. The number of thiophene rings is 1. The fourth-order valence-electron chi connectivity index (χ4n) is 1.20. The van der Waals surface area contributed by atoms with Crippen molar-refractivity contribution in [3.63, 3.8) is 0 Å². The van der Waals surface area contributed by atoms with Crippen LogP contribution >= 0.6 is 22.9 Å². The van der Waals surface area contributed by atoms with Gasteiger partial charge < -0.3 is 10.5 Å². The van der Waals surface area contributed by atoms with Crippen LogP contribution in [0.25, 0.3) is 10.2 Å². The molecule has 0 spiro atoms. The molecule has 2 aromatic heterocycles. The Balaban J connectivity index is 2.16. The Morgan fingerprint density at radius 2 is 2.33 bits per heavy atom. The Hall–Kier alpha value is -0.840. The van der Waals surface area contributed by atoms with E-state index >= 15 is 0 Å². The molecule has 0 bridgehead atoms. The molecule has 0 radical (unpaired) electrons. The van der Waals surface area contributed by atoms with Crippen molar-refractivity contribution < 1.29 is 4.74 Å². The van der Waals surface area contributed by atoms with E-state index in [4.69, 9.17) is 22.1 Å². The van der Waals surface area contributed by atoms with Crippen molar-refractivity contribution in [3.8, 4) is 5.06 Å². The molecule has 0 amide bonds. The lowest BCUT2D eigenvalue weighted by Gasteiger charge is -1.99. The molecule has 0 aromatic carbocycles. The van der Waals surface area contributed by atoms with Gasteiger partial charge in [-0.3, -0.25) is 0 Å². The number of rotatable bonds is 4. The minimum atomic E-state index is 0.508. The van der Waals surface area contributed by atoms with E-state index in [9.17, 15) is 0 Å². The van der Waals surface area contributed by atoms with E-state index in [1.165, 1.54) is 0 Å². The number of ether oxygens (including phenoxy) is 1. The molecular formula is C10H11ClN2OS. The molecule has 0 aliphatic heterocycles. The fraction of sp³-hybridized carbons (Fsp3) is 0.300. The summed E-state index contributed by atoms with van der Waals surface area (Å²) in [5.74, 6) is 0. The molecule has 0 saturated heterocycles. The number of nitrogens with zero attached hydrogens (tertiary/aromatic N) is 1. The highest BCUT2D eigenvalue weighted by Gasteiger charge is 2.04. The van der Waals surface area contributed by atoms with Gasteiger partial charge in [0.15, 0.2) is 5.06 Å². The predicted octanol–water partition coefficient (Wildman–Crippen LogP) is 2.68.